The smallest absolute Gasteiger partial charge is 0.335 e. The number of nitrogens with zero attached hydrogens (tertiary/aromatic N) is 1. The van der Waals surface area contributed by atoms with Gasteiger partial charge in [-0.2, -0.15) is 16.9 Å². The van der Waals surface area contributed by atoms with Crippen molar-refractivity contribution < 1.29 is 23.1 Å². The molecule has 0 aromatic heterocycles. The Labute approximate surface area is 191 Å². The Morgan fingerprint density at radius 2 is 1.66 bits per heavy atom. The number of sulfonamides is 1. The highest BCUT2D eigenvalue weighted by Gasteiger charge is 2.39. The van der Waals surface area contributed by atoms with Crippen LogP contribution in [0, 0.1) is 0 Å². The predicted molar refractivity (Wildman–Crippen MR) is 125 cm³/mol. The van der Waals surface area contributed by atoms with Gasteiger partial charge in [-0.05, 0) is 53.6 Å². The van der Waals surface area contributed by atoms with Gasteiger partial charge in [0.2, 0.25) is 10.0 Å². The highest BCUT2D eigenvalue weighted by molar-refractivity contribution is 7.89. The number of hydrogen-bond acceptors (Lipinski definition) is 5. The summed E-state index contributed by atoms with van der Waals surface area (Å²) >= 11 is 4.48. The van der Waals surface area contributed by atoms with Crippen LogP contribution in [0.25, 0.3) is 10.8 Å². The molecule has 1 fully saturated rings. The van der Waals surface area contributed by atoms with Crippen LogP contribution < -0.4 is 5.32 Å². The monoisotopic (exact) mass is 470 g/mol. The first-order valence-electron chi connectivity index (χ1n) is 10.1. The molecule has 1 aliphatic heterocycles. The van der Waals surface area contributed by atoms with Crippen molar-refractivity contribution in [3.05, 3.63) is 77.9 Å². The molecule has 32 heavy (non-hydrogen) atoms. The lowest BCUT2D eigenvalue weighted by molar-refractivity contribution is 0.0696. The third kappa shape index (κ3) is 4.50. The summed E-state index contributed by atoms with van der Waals surface area (Å²) < 4.78 is 28.2. The number of carboxylic acids is 1. The number of thiol groups is 1. The van der Waals surface area contributed by atoms with E-state index in [1.165, 1.54) is 28.6 Å². The molecule has 0 bridgehead atoms. The Hall–Kier alpha value is -2.88. The van der Waals surface area contributed by atoms with Crippen LogP contribution in [0.3, 0.4) is 0 Å². The molecule has 7 nitrogen and oxygen atoms in total. The Morgan fingerprint density at radius 1 is 1.00 bits per heavy atom. The van der Waals surface area contributed by atoms with Crippen LogP contribution in [0.4, 0.5) is 0 Å². The zero-order valence-electron chi connectivity index (χ0n) is 17.0. The zero-order chi connectivity index (χ0) is 22.9. The standard InChI is InChI=1S/C23H22N2O5S2/c26-22(16-5-7-17(8-6-16)23(27)28)24-13-19-12-20(31)14-25(19)32(29,30)21-10-9-15-3-1-2-4-18(15)11-21/h1-11,19-20,31H,12-14H2,(H,24,26)(H,27,28). The van der Waals surface area contributed by atoms with Gasteiger partial charge in [-0.15, -0.1) is 0 Å². The first-order valence-corrected chi connectivity index (χ1v) is 12.0. The molecule has 0 spiro atoms. The summed E-state index contributed by atoms with van der Waals surface area (Å²) in [6.07, 6.45) is 0.508. The highest BCUT2D eigenvalue weighted by Crippen LogP contribution is 2.30. The summed E-state index contributed by atoms with van der Waals surface area (Å²) in [6, 6.07) is 17.7. The van der Waals surface area contributed by atoms with E-state index in [2.05, 4.69) is 17.9 Å². The fourth-order valence-corrected chi connectivity index (χ4v) is 6.13. The molecule has 1 aliphatic rings. The number of aromatic carboxylic acids is 1. The van der Waals surface area contributed by atoms with Crippen LogP contribution in [0.2, 0.25) is 0 Å². The number of benzene rings is 3. The van der Waals surface area contributed by atoms with Gasteiger partial charge in [-0.25, -0.2) is 13.2 Å². The number of rotatable bonds is 6. The van der Waals surface area contributed by atoms with E-state index in [0.29, 0.717) is 12.0 Å². The number of carbonyl (C=O) groups is 2. The van der Waals surface area contributed by atoms with Crippen molar-refractivity contribution in [1.29, 1.82) is 0 Å². The predicted octanol–water partition coefficient (Wildman–Crippen LogP) is 3.03. The number of fused-ring (bicyclic) bond motifs is 1. The summed E-state index contributed by atoms with van der Waals surface area (Å²) in [5.41, 5.74) is 0.391. The average molecular weight is 471 g/mol. The van der Waals surface area contributed by atoms with Crippen LogP contribution in [0.5, 0.6) is 0 Å². The SMILES string of the molecule is O=C(O)c1ccc(C(=O)NCC2CC(S)CN2S(=O)(=O)c2ccc3ccccc3c2)cc1. The third-order valence-corrected chi connectivity index (χ3v) is 7.85. The minimum absolute atomic E-state index is 0.0860. The number of nitrogens with one attached hydrogen (secondary N) is 1. The topological polar surface area (TPSA) is 104 Å². The van der Waals surface area contributed by atoms with Crippen molar-refractivity contribution in [2.24, 2.45) is 0 Å². The summed E-state index contributed by atoms with van der Waals surface area (Å²) in [6.45, 7) is 0.384. The molecule has 0 radical (unpaired) electrons. The molecule has 0 aliphatic carbocycles. The second kappa shape index (κ2) is 8.93. The third-order valence-electron chi connectivity index (χ3n) is 5.56. The Kier molecular flexibility index (Phi) is 6.23. The Balaban J connectivity index is 1.50. The number of hydrogen-bond donors (Lipinski definition) is 3. The first kappa shape index (κ1) is 22.3. The maximum absolute atomic E-state index is 13.4. The van der Waals surface area contributed by atoms with E-state index in [9.17, 15) is 18.0 Å². The molecule has 3 aromatic carbocycles. The Bertz CT molecular complexity index is 1280. The van der Waals surface area contributed by atoms with E-state index < -0.39 is 27.9 Å². The van der Waals surface area contributed by atoms with Gasteiger partial charge in [0.05, 0.1) is 10.5 Å². The molecule has 3 aromatic rings. The van der Waals surface area contributed by atoms with E-state index in [4.69, 9.17) is 5.11 Å². The largest absolute Gasteiger partial charge is 0.478 e. The molecule has 1 heterocycles. The highest BCUT2D eigenvalue weighted by atomic mass is 32.2. The van der Waals surface area contributed by atoms with Crippen LogP contribution in [0.1, 0.15) is 27.1 Å². The number of carboxylic acid groups (broad SMARTS) is 1. The normalized spacial score (nSPS) is 19.2. The van der Waals surface area contributed by atoms with Gasteiger partial charge < -0.3 is 10.4 Å². The van der Waals surface area contributed by atoms with Crippen LogP contribution in [-0.4, -0.2) is 54.1 Å². The fourth-order valence-electron chi connectivity index (χ4n) is 3.88. The number of amides is 1. The quantitative estimate of drug-likeness (QED) is 0.481. The molecular weight excluding hydrogens is 448 g/mol. The second-order valence-electron chi connectivity index (χ2n) is 7.72. The molecule has 166 valence electrons. The maximum Gasteiger partial charge on any atom is 0.335 e. The molecule has 1 amide bonds. The average Bonchev–Trinajstić information content (AvgIpc) is 3.18. The first-order chi connectivity index (χ1) is 15.3. The summed E-state index contributed by atoms with van der Waals surface area (Å²) in [7, 11) is -3.77. The minimum atomic E-state index is -3.77. The summed E-state index contributed by atoms with van der Waals surface area (Å²) in [5.74, 6) is -1.47. The van der Waals surface area contributed by atoms with Crippen LogP contribution >= 0.6 is 12.6 Å². The van der Waals surface area contributed by atoms with E-state index in [1.54, 1.807) is 18.2 Å². The minimum Gasteiger partial charge on any atom is -0.478 e. The van der Waals surface area contributed by atoms with Crippen molar-refractivity contribution in [2.75, 3.05) is 13.1 Å². The van der Waals surface area contributed by atoms with E-state index in [-0.39, 0.29) is 28.8 Å². The zero-order valence-corrected chi connectivity index (χ0v) is 18.7. The van der Waals surface area contributed by atoms with Crippen molar-refractivity contribution in [1.82, 2.24) is 9.62 Å². The molecule has 0 saturated carbocycles. The van der Waals surface area contributed by atoms with E-state index >= 15 is 0 Å². The lowest BCUT2D eigenvalue weighted by Gasteiger charge is -2.24. The van der Waals surface area contributed by atoms with Gasteiger partial charge in [-0.1, -0.05) is 30.3 Å². The van der Waals surface area contributed by atoms with E-state index in [1.807, 2.05) is 24.3 Å². The van der Waals surface area contributed by atoms with E-state index in [0.717, 1.165) is 10.8 Å². The number of carbonyl (C=O) groups excluding carboxylic acids is 1. The van der Waals surface area contributed by atoms with Crippen molar-refractivity contribution in [3.8, 4) is 0 Å². The van der Waals surface area contributed by atoms with Crippen molar-refractivity contribution >= 4 is 45.3 Å². The van der Waals surface area contributed by atoms with Gasteiger partial charge >= 0.3 is 5.97 Å². The van der Waals surface area contributed by atoms with Crippen LogP contribution in [-0.2, 0) is 10.0 Å². The fraction of sp³-hybridized carbons (Fsp3) is 0.217. The van der Waals surface area contributed by atoms with Gasteiger partial charge in [0.25, 0.3) is 5.91 Å². The van der Waals surface area contributed by atoms with Gasteiger partial charge in [0.1, 0.15) is 0 Å². The molecular formula is C23H22N2O5S2. The lowest BCUT2D eigenvalue weighted by Crippen LogP contribution is -2.43. The molecule has 2 N–H and O–H groups in total. The Morgan fingerprint density at radius 3 is 2.34 bits per heavy atom. The second-order valence-corrected chi connectivity index (χ2v) is 10.3. The summed E-state index contributed by atoms with van der Waals surface area (Å²) in [4.78, 5) is 23.7. The molecule has 2 atom stereocenters. The van der Waals surface area contributed by atoms with Gasteiger partial charge in [-0.3, -0.25) is 4.79 Å². The molecule has 2 unspecified atom stereocenters. The molecule has 9 heteroatoms. The van der Waals surface area contributed by atoms with Crippen molar-refractivity contribution in [2.45, 2.75) is 22.6 Å². The maximum atomic E-state index is 13.4. The molecule has 1 saturated heterocycles. The van der Waals surface area contributed by atoms with Gasteiger partial charge in [0.15, 0.2) is 0 Å². The lowest BCUT2D eigenvalue weighted by atomic mass is 10.1. The molecule has 4 rings (SSSR count). The van der Waals surface area contributed by atoms with Crippen LogP contribution in [0.15, 0.2) is 71.6 Å². The van der Waals surface area contributed by atoms with Crippen molar-refractivity contribution in [3.63, 3.8) is 0 Å². The summed E-state index contributed by atoms with van der Waals surface area (Å²) in [5, 5.41) is 13.4. The van der Waals surface area contributed by atoms with Gasteiger partial charge in [0, 0.05) is 29.9 Å².